The van der Waals surface area contributed by atoms with Crippen LogP contribution in [0.2, 0.25) is 15.1 Å². The van der Waals surface area contributed by atoms with Crippen molar-refractivity contribution in [2.45, 2.75) is 0 Å². The molecule has 0 saturated heterocycles. The number of hydrogen-bond acceptors (Lipinski definition) is 2. The Hall–Kier alpha value is -0.640. The van der Waals surface area contributed by atoms with E-state index >= 15 is 0 Å². The molecule has 0 fully saturated rings. The van der Waals surface area contributed by atoms with E-state index in [0.717, 1.165) is 0 Å². The summed E-state index contributed by atoms with van der Waals surface area (Å²) in [5.74, 6) is 0.112. The van der Waals surface area contributed by atoms with E-state index in [1.165, 1.54) is 17.0 Å². The minimum Gasteiger partial charge on any atom is -0.407 e. The van der Waals surface area contributed by atoms with Crippen LogP contribution in [0.3, 0.4) is 0 Å². The number of ether oxygens (including phenoxy) is 1. The topological polar surface area (TPSA) is 29.5 Å². The summed E-state index contributed by atoms with van der Waals surface area (Å²) < 4.78 is 4.96. The predicted octanol–water partition coefficient (Wildman–Crippen LogP) is 3.71. The van der Waals surface area contributed by atoms with Crippen LogP contribution in [0.25, 0.3) is 0 Å². The van der Waals surface area contributed by atoms with Gasteiger partial charge in [0, 0.05) is 19.1 Å². The molecule has 0 aliphatic carbocycles. The van der Waals surface area contributed by atoms with E-state index in [4.69, 9.17) is 39.5 Å². The average molecular weight is 269 g/mol. The van der Waals surface area contributed by atoms with E-state index in [0.29, 0.717) is 5.02 Å². The third kappa shape index (κ3) is 3.16. The van der Waals surface area contributed by atoms with E-state index in [1.54, 1.807) is 14.1 Å². The van der Waals surface area contributed by atoms with Crippen molar-refractivity contribution >= 4 is 40.9 Å². The van der Waals surface area contributed by atoms with Crippen LogP contribution >= 0.6 is 34.8 Å². The molecule has 0 heterocycles. The zero-order chi connectivity index (χ0) is 11.6. The molecule has 0 spiro atoms. The van der Waals surface area contributed by atoms with Crippen molar-refractivity contribution < 1.29 is 9.53 Å². The molecule has 3 nitrogen and oxygen atoms in total. The molecule has 1 amide bonds. The first-order valence-electron chi connectivity index (χ1n) is 3.95. The quantitative estimate of drug-likeness (QED) is 0.777. The van der Waals surface area contributed by atoms with Crippen LogP contribution in [0.4, 0.5) is 4.79 Å². The Labute approximate surface area is 102 Å². The van der Waals surface area contributed by atoms with Gasteiger partial charge in [0.25, 0.3) is 0 Å². The lowest BCUT2D eigenvalue weighted by Gasteiger charge is -2.12. The summed E-state index contributed by atoms with van der Waals surface area (Å²) in [6.45, 7) is 0. The van der Waals surface area contributed by atoms with Crippen molar-refractivity contribution in [2.24, 2.45) is 0 Å². The van der Waals surface area contributed by atoms with Crippen molar-refractivity contribution in [3.05, 3.63) is 27.2 Å². The van der Waals surface area contributed by atoms with Gasteiger partial charge in [0.05, 0.1) is 10.0 Å². The fraction of sp³-hybridized carbons (Fsp3) is 0.222. The van der Waals surface area contributed by atoms with E-state index in [-0.39, 0.29) is 15.8 Å². The maximum absolute atomic E-state index is 11.3. The maximum atomic E-state index is 11.3. The van der Waals surface area contributed by atoms with Crippen LogP contribution in [0.5, 0.6) is 5.75 Å². The first-order valence-corrected chi connectivity index (χ1v) is 5.09. The molecule has 6 heteroatoms. The molecule has 0 aliphatic rings. The highest BCUT2D eigenvalue weighted by Gasteiger charge is 2.14. The number of carbonyl (C=O) groups is 1. The van der Waals surface area contributed by atoms with Gasteiger partial charge in [-0.2, -0.15) is 0 Å². The number of hydrogen-bond donors (Lipinski definition) is 0. The maximum Gasteiger partial charge on any atom is 0.414 e. The summed E-state index contributed by atoms with van der Waals surface area (Å²) in [5, 5.41) is 0.778. The first kappa shape index (κ1) is 12.4. The van der Waals surface area contributed by atoms with E-state index in [1.807, 2.05) is 0 Å². The van der Waals surface area contributed by atoms with Gasteiger partial charge in [0.15, 0.2) is 5.75 Å². The normalized spacial score (nSPS) is 9.93. The molecule has 0 aromatic heterocycles. The van der Waals surface area contributed by atoms with E-state index in [2.05, 4.69) is 0 Å². The summed E-state index contributed by atoms with van der Waals surface area (Å²) in [5.41, 5.74) is 0. The Morgan fingerprint density at radius 2 is 1.67 bits per heavy atom. The van der Waals surface area contributed by atoms with Crippen molar-refractivity contribution in [1.82, 2.24) is 4.90 Å². The van der Waals surface area contributed by atoms with Crippen LogP contribution in [-0.2, 0) is 0 Å². The third-order valence-electron chi connectivity index (χ3n) is 1.52. The van der Waals surface area contributed by atoms with Crippen molar-refractivity contribution in [2.75, 3.05) is 14.1 Å². The molecular weight excluding hydrogens is 260 g/mol. The van der Waals surface area contributed by atoms with Gasteiger partial charge in [-0.15, -0.1) is 0 Å². The second-order valence-corrected chi connectivity index (χ2v) is 4.21. The standard InChI is InChI=1S/C9H8Cl3NO2/c1-13(2)9(14)15-8-6(11)3-5(10)4-7(8)12/h3-4H,1-2H3. The molecule has 15 heavy (non-hydrogen) atoms. The van der Waals surface area contributed by atoms with Crippen LogP contribution in [-0.4, -0.2) is 25.1 Å². The van der Waals surface area contributed by atoms with Gasteiger partial charge in [-0.3, -0.25) is 0 Å². The van der Waals surface area contributed by atoms with Crippen LogP contribution in [0, 0.1) is 0 Å². The summed E-state index contributed by atoms with van der Waals surface area (Å²) in [6, 6.07) is 2.90. The Kier molecular flexibility index (Phi) is 4.08. The predicted molar refractivity (Wildman–Crippen MR) is 61.2 cm³/mol. The Morgan fingerprint density at radius 1 is 1.20 bits per heavy atom. The summed E-state index contributed by atoms with van der Waals surface area (Å²) in [7, 11) is 3.11. The molecule has 0 aliphatic heterocycles. The van der Waals surface area contributed by atoms with Crippen molar-refractivity contribution in [3.8, 4) is 5.75 Å². The largest absolute Gasteiger partial charge is 0.414 e. The number of nitrogens with zero attached hydrogens (tertiary/aromatic N) is 1. The molecule has 1 aromatic carbocycles. The second kappa shape index (κ2) is 4.92. The highest BCUT2D eigenvalue weighted by atomic mass is 35.5. The van der Waals surface area contributed by atoms with Crippen molar-refractivity contribution in [1.29, 1.82) is 0 Å². The Morgan fingerprint density at radius 3 is 2.07 bits per heavy atom. The van der Waals surface area contributed by atoms with Crippen molar-refractivity contribution in [3.63, 3.8) is 0 Å². The lowest BCUT2D eigenvalue weighted by Crippen LogP contribution is -2.25. The SMILES string of the molecule is CN(C)C(=O)Oc1c(Cl)cc(Cl)cc1Cl. The van der Waals surface area contributed by atoms with Gasteiger partial charge in [-0.25, -0.2) is 4.79 Å². The van der Waals surface area contributed by atoms with Gasteiger partial charge >= 0.3 is 6.09 Å². The molecule has 82 valence electrons. The number of halogens is 3. The molecule has 0 N–H and O–H groups in total. The van der Waals surface area contributed by atoms with Gasteiger partial charge < -0.3 is 9.64 Å². The molecule has 1 rings (SSSR count). The van der Waals surface area contributed by atoms with Crippen LogP contribution < -0.4 is 4.74 Å². The van der Waals surface area contributed by atoms with Gasteiger partial charge in [0.2, 0.25) is 0 Å². The summed E-state index contributed by atoms with van der Waals surface area (Å²) >= 11 is 17.3. The zero-order valence-electron chi connectivity index (χ0n) is 8.05. The monoisotopic (exact) mass is 267 g/mol. The van der Waals surface area contributed by atoms with Crippen LogP contribution in [0.15, 0.2) is 12.1 Å². The highest BCUT2D eigenvalue weighted by molar-refractivity contribution is 6.40. The molecule has 0 radical (unpaired) electrons. The summed E-state index contributed by atoms with van der Waals surface area (Å²) in [4.78, 5) is 12.5. The number of rotatable bonds is 1. The molecular formula is C9H8Cl3NO2. The Bertz CT molecular complexity index is 370. The number of amides is 1. The lowest BCUT2D eigenvalue weighted by atomic mass is 10.3. The van der Waals surface area contributed by atoms with Gasteiger partial charge in [-0.05, 0) is 12.1 Å². The molecule has 0 saturated carbocycles. The minimum absolute atomic E-state index is 0.112. The third-order valence-corrected chi connectivity index (χ3v) is 2.30. The lowest BCUT2D eigenvalue weighted by molar-refractivity contribution is 0.172. The number of benzene rings is 1. The average Bonchev–Trinajstić information content (AvgIpc) is 2.10. The fourth-order valence-corrected chi connectivity index (χ4v) is 1.70. The number of carbonyl (C=O) groups excluding carboxylic acids is 1. The van der Waals surface area contributed by atoms with Crippen LogP contribution in [0.1, 0.15) is 0 Å². The summed E-state index contributed by atoms with van der Waals surface area (Å²) in [6.07, 6.45) is -0.555. The van der Waals surface area contributed by atoms with Gasteiger partial charge in [0.1, 0.15) is 0 Å². The van der Waals surface area contributed by atoms with E-state index in [9.17, 15) is 4.79 Å². The highest BCUT2D eigenvalue weighted by Crippen LogP contribution is 2.35. The minimum atomic E-state index is -0.555. The second-order valence-electron chi connectivity index (χ2n) is 2.96. The van der Waals surface area contributed by atoms with Gasteiger partial charge in [-0.1, -0.05) is 34.8 Å². The Balaban J connectivity index is 3.00. The first-order chi connectivity index (χ1) is 6.91. The smallest absolute Gasteiger partial charge is 0.407 e. The molecule has 1 aromatic rings. The fourth-order valence-electron chi connectivity index (χ4n) is 0.805. The molecule has 0 atom stereocenters. The van der Waals surface area contributed by atoms with E-state index < -0.39 is 6.09 Å². The molecule has 0 bridgehead atoms. The molecule has 0 unspecified atom stereocenters. The zero-order valence-corrected chi connectivity index (χ0v) is 10.3.